The molecule has 0 radical (unpaired) electrons. The Kier molecular flexibility index (Phi) is 15.0. The zero-order chi connectivity index (χ0) is 32.6. The van der Waals surface area contributed by atoms with Gasteiger partial charge in [-0.15, -0.1) is 0 Å². The molecule has 0 bridgehead atoms. The third-order valence-corrected chi connectivity index (χ3v) is 13.7. The van der Waals surface area contributed by atoms with Gasteiger partial charge >= 0.3 is 35.2 Å². The molecular weight excluding hydrogens is 700 g/mol. The minimum absolute atomic E-state index is 0. The Labute approximate surface area is 304 Å². The van der Waals surface area contributed by atoms with Crippen molar-refractivity contribution in [1.29, 1.82) is 0 Å². The fourth-order valence-corrected chi connectivity index (χ4v) is 10.4. The smallest absolute Gasteiger partial charge is 0.870 e. The van der Waals surface area contributed by atoms with Crippen LogP contribution in [0.15, 0.2) is 22.1 Å². The van der Waals surface area contributed by atoms with Crippen molar-refractivity contribution in [2.24, 2.45) is 0 Å². The van der Waals surface area contributed by atoms with Crippen LogP contribution in [0.1, 0.15) is 68.8 Å². The number of H-pyrrole nitrogens is 1. The predicted octanol–water partition coefficient (Wildman–Crippen LogP) is -1.94. The first-order valence-corrected chi connectivity index (χ1v) is 20.3. The van der Waals surface area contributed by atoms with E-state index in [1.54, 1.807) is 12.1 Å². The van der Waals surface area contributed by atoms with Gasteiger partial charge in [0, 0.05) is 37.2 Å². The Morgan fingerprint density at radius 3 is 1.79 bits per heavy atom. The fraction of sp³-hybridized carbons (Fsp3) is 0.714. The Bertz CT molecular complexity index is 1790. The first-order chi connectivity index (χ1) is 21.2. The third-order valence-electron chi connectivity index (χ3n) is 8.45. The van der Waals surface area contributed by atoms with Gasteiger partial charge in [-0.25, -0.2) is 40.0 Å². The molecule has 48 heavy (non-hydrogen) atoms. The van der Waals surface area contributed by atoms with E-state index in [1.165, 1.54) is 0 Å². The molecule has 2 aromatic heterocycles. The summed E-state index contributed by atoms with van der Waals surface area (Å²) in [5.41, 5.74) is 0.237. The van der Waals surface area contributed by atoms with Crippen molar-refractivity contribution in [3.63, 3.8) is 0 Å². The third kappa shape index (κ3) is 9.74. The van der Waals surface area contributed by atoms with Gasteiger partial charge in [-0.3, -0.25) is 0 Å². The summed E-state index contributed by atoms with van der Waals surface area (Å²) >= 11 is 0. The van der Waals surface area contributed by atoms with E-state index in [2.05, 4.69) is 19.9 Å². The average Bonchev–Trinajstić information content (AvgIpc) is 3.52. The molecule has 4 atom stereocenters. The van der Waals surface area contributed by atoms with Gasteiger partial charge < -0.3 is 29.7 Å². The van der Waals surface area contributed by atoms with Crippen LogP contribution in [0.3, 0.4) is 0 Å². The minimum atomic E-state index is -3.65. The molecule has 0 amide bonds. The summed E-state index contributed by atoms with van der Waals surface area (Å²) in [6.45, 7) is 7.34. The van der Waals surface area contributed by atoms with E-state index in [-0.39, 0.29) is 76.9 Å². The van der Waals surface area contributed by atoms with Crippen LogP contribution in [0.4, 0.5) is 11.6 Å². The van der Waals surface area contributed by atoms with Crippen molar-refractivity contribution in [3.05, 3.63) is 34.0 Å². The summed E-state index contributed by atoms with van der Waals surface area (Å²) in [6.07, 6.45) is 3.25. The zero-order valence-electron chi connectivity index (χ0n) is 27.0. The molecule has 0 spiro atoms. The number of nitrogens with one attached hydrogen (secondary N) is 1. The average molecular weight is 745 g/mol. The van der Waals surface area contributed by atoms with Crippen molar-refractivity contribution < 1.29 is 69.8 Å². The number of rotatable bonds is 5. The van der Waals surface area contributed by atoms with E-state index in [1.807, 2.05) is 23.6 Å². The molecule has 4 fully saturated rings. The van der Waals surface area contributed by atoms with Crippen LogP contribution in [0.2, 0.25) is 0 Å². The summed E-state index contributed by atoms with van der Waals surface area (Å²) in [4.78, 5) is 30.6. The molecular formula is C28H45N6NaO10S3. The summed E-state index contributed by atoms with van der Waals surface area (Å²) < 4.78 is 83.3. The molecule has 20 heteroatoms. The molecule has 0 saturated carbocycles. The van der Waals surface area contributed by atoms with Gasteiger partial charge in [-0.1, -0.05) is 7.43 Å². The van der Waals surface area contributed by atoms with Crippen molar-refractivity contribution >= 4 is 41.1 Å². The maximum Gasteiger partial charge on any atom is 1.00 e. The molecule has 4 aliphatic rings. The van der Waals surface area contributed by atoms with Gasteiger partial charge in [-0.2, -0.15) is 4.98 Å². The van der Waals surface area contributed by atoms with Gasteiger partial charge in [0.2, 0.25) is 15.0 Å². The number of hydrogen-bond acceptors (Lipinski definition) is 15. The van der Waals surface area contributed by atoms with E-state index >= 15 is 0 Å². The predicted molar refractivity (Wildman–Crippen MR) is 175 cm³/mol. The quantitative estimate of drug-likeness (QED) is 0.260. The molecule has 0 aliphatic carbocycles. The van der Waals surface area contributed by atoms with E-state index in [0.717, 1.165) is 6.26 Å². The van der Waals surface area contributed by atoms with Gasteiger partial charge in [0.05, 0.1) is 55.7 Å². The van der Waals surface area contributed by atoms with Crippen LogP contribution in [-0.4, -0.2) is 120 Å². The molecule has 2 aromatic rings. The Morgan fingerprint density at radius 2 is 1.33 bits per heavy atom. The number of morpholine rings is 2. The molecule has 2 N–H and O–H groups in total. The molecule has 266 valence electrons. The normalized spacial score (nSPS) is 26.2. The maximum atomic E-state index is 12.2. The van der Waals surface area contributed by atoms with Crippen LogP contribution < -0.4 is 45.0 Å². The van der Waals surface area contributed by atoms with Crippen molar-refractivity contribution in [1.82, 2.24) is 19.9 Å². The maximum absolute atomic E-state index is 12.2. The minimum Gasteiger partial charge on any atom is -0.870 e. The Morgan fingerprint density at radius 1 is 0.833 bits per heavy atom. The van der Waals surface area contributed by atoms with Crippen molar-refractivity contribution in [3.8, 4) is 0 Å². The second-order valence-electron chi connectivity index (χ2n) is 11.9. The van der Waals surface area contributed by atoms with Crippen LogP contribution in [-0.2, 0) is 39.0 Å². The number of aromatic amines is 1. The Balaban J connectivity index is 0.000000316. The SMILES string of the molecule is C.C[C@@H]1COCCN1c1cc(C2CCCS2(=O)=O)[nH]c(=O)n1.C[C@@H]1COCCN1c1cc(C2CCCS2(=O)=O)nc(S(C)(=O)=O)n1.[Na+].[OH-]. The summed E-state index contributed by atoms with van der Waals surface area (Å²) in [7, 11) is -10.1. The summed E-state index contributed by atoms with van der Waals surface area (Å²) in [5.74, 6) is 1.27. The van der Waals surface area contributed by atoms with E-state index in [0.29, 0.717) is 82.5 Å². The molecule has 4 saturated heterocycles. The zero-order valence-corrected chi connectivity index (χ0v) is 31.5. The number of nitrogens with zero attached hydrogens (tertiary/aromatic N) is 5. The molecule has 6 rings (SSSR count). The number of aromatic nitrogens is 4. The molecule has 6 heterocycles. The first-order valence-electron chi connectivity index (χ1n) is 15.0. The van der Waals surface area contributed by atoms with Crippen LogP contribution in [0, 0.1) is 0 Å². The number of hydrogen-bond donors (Lipinski definition) is 1. The molecule has 4 aliphatic heterocycles. The van der Waals surface area contributed by atoms with Crippen LogP contribution in [0.5, 0.6) is 0 Å². The molecule has 2 unspecified atom stereocenters. The van der Waals surface area contributed by atoms with E-state index in [9.17, 15) is 30.0 Å². The number of anilines is 2. The number of sulfone groups is 3. The molecule has 0 aromatic carbocycles. The van der Waals surface area contributed by atoms with Crippen LogP contribution in [0.25, 0.3) is 0 Å². The largest absolute Gasteiger partial charge is 1.00 e. The Hall–Kier alpha value is -1.71. The first kappa shape index (κ1) is 42.5. The van der Waals surface area contributed by atoms with Gasteiger partial charge in [0.1, 0.15) is 22.1 Å². The second kappa shape index (κ2) is 17.0. The topological polar surface area (TPSA) is 229 Å². The molecule has 16 nitrogen and oxygen atoms in total. The van der Waals surface area contributed by atoms with Crippen molar-refractivity contribution in [2.45, 2.75) is 74.7 Å². The monoisotopic (exact) mass is 744 g/mol. The summed E-state index contributed by atoms with van der Waals surface area (Å²) in [6, 6.07) is 3.45. The second-order valence-corrected chi connectivity index (χ2v) is 18.5. The van der Waals surface area contributed by atoms with E-state index in [4.69, 9.17) is 9.47 Å². The van der Waals surface area contributed by atoms with Gasteiger partial charge in [-0.05, 0) is 39.5 Å². The van der Waals surface area contributed by atoms with Crippen LogP contribution >= 0.6 is 0 Å². The number of ether oxygens (including phenoxy) is 2. The van der Waals surface area contributed by atoms with E-state index < -0.39 is 45.7 Å². The summed E-state index contributed by atoms with van der Waals surface area (Å²) in [5, 5.41) is -1.69. The standard InChI is InChI=1S/C14H21N3O5S2.C13H19N3O4S.CH4.Na.H2O/c1-10-9-22-6-5-17(10)13-8-11(12-4-3-7-24(12,20)21)15-14(16-13)23(2,18)19;1-9-8-20-5-4-16(9)12-7-10(14-13(17)15-12)11-3-2-6-21(11,18)19;;;/h8,10,12H,3-7,9H2,1-2H3;7,9,11H,2-6,8H2,1H3,(H,14,15,17);1H4;;1H2/q;;;+1;/p-1/t10-,12?;9-,11?;;;/m11.../s1. The van der Waals surface area contributed by atoms with Crippen molar-refractivity contribution in [2.75, 3.05) is 67.1 Å². The fourth-order valence-electron chi connectivity index (χ4n) is 6.09. The van der Waals surface area contributed by atoms with Gasteiger partial charge in [0.25, 0.3) is 0 Å². The van der Waals surface area contributed by atoms with Gasteiger partial charge in [0.15, 0.2) is 19.7 Å².